The van der Waals surface area contributed by atoms with E-state index in [1.165, 1.54) is 88.6 Å². The molecule has 16 aliphatic rings. The first kappa shape index (κ1) is 86.4. The van der Waals surface area contributed by atoms with E-state index in [9.17, 15) is 8.78 Å². The molecular weight excluding hydrogens is 1670 g/mol. The molecule has 11 fully saturated rings. The zero-order valence-corrected chi connectivity index (χ0v) is 76.8. The predicted octanol–water partition coefficient (Wildman–Crippen LogP) is 18.4. The van der Waals surface area contributed by atoms with Gasteiger partial charge in [-0.05, 0) is 285 Å². The maximum Gasteiger partial charge on any atom is 0.282 e. The number of benzene rings is 5. The molecule has 10 aromatic rings. The molecule has 15 heterocycles. The quantitative estimate of drug-likeness (QED) is 0.0653. The van der Waals surface area contributed by atoms with E-state index in [1.54, 1.807) is 11.1 Å². The monoisotopic (exact) mass is 1790 g/mol. The number of pyridine rings is 5. The highest BCUT2D eigenvalue weighted by Gasteiger charge is 2.46. The van der Waals surface area contributed by atoms with Crippen molar-refractivity contribution in [2.45, 2.75) is 204 Å². The number of aliphatic imine (C=N–C) groups is 5. The number of fused-ring (bicyclic) bond motifs is 5. The lowest BCUT2D eigenvalue weighted by Gasteiger charge is -2.39. The summed E-state index contributed by atoms with van der Waals surface area (Å²) in [4.78, 5) is 57.5. The van der Waals surface area contributed by atoms with Crippen LogP contribution in [0.25, 0.3) is 0 Å². The van der Waals surface area contributed by atoms with Crippen LogP contribution in [0, 0.1) is 11.8 Å². The van der Waals surface area contributed by atoms with Crippen LogP contribution in [-0.4, -0.2) is 192 Å². The first-order chi connectivity index (χ1) is 64.8. The second-order valence-electron chi connectivity index (χ2n) is 39.5. The summed E-state index contributed by atoms with van der Waals surface area (Å²) < 4.78 is 73.4. The van der Waals surface area contributed by atoms with E-state index in [-0.39, 0.29) is 42.1 Å². The summed E-state index contributed by atoms with van der Waals surface area (Å²) >= 11 is 0. The molecule has 0 unspecified atom stereocenters. The highest BCUT2D eigenvalue weighted by molar-refractivity contribution is 6.18. The molecule has 0 radical (unpaired) electrons. The number of piperidine rings is 1. The number of ether oxygens (including phenoxy) is 8. The van der Waals surface area contributed by atoms with E-state index in [4.69, 9.17) is 57.9 Å². The normalized spacial score (nSPS) is 21.9. The van der Waals surface area contributed by atoms with Crippen LogP contribution < -0.4 is 48.2 Å². The molecular formula is C108H117F2N15O8. The Labute approximate surface area is 777 Å². The van der Waals surface area contributed by atoms with Gasteiger partial charge in [-0.1, -0.05) is 30.3 Å². The van der Waals surface area contributed by atoms with Gasteiger partial charge in [0.2, 0.25) is 0 Å². The fourth-order valence-corrected chi connectivity index (χ4v) is 19.2. The minimum Gasteiger partial charge on any atom is -0.490 e. The van der Waals surface area contributed by atoms with E-state index in [0.29, 0.717) is 24.6 Å². The first-order valence-corrected chi connectivity index (χ1v) is 48.4. The van der Waals surface area contributed by atoms with E-state index in [2.05, 4.69) is 205 Å². The number of hydrogen-bond donors (Lipinski definition) is 0. The number of anilines is 5. The Morgan fingerprint density at radius 2 is 0.602 bits per heavy atom. The van der Waals surface area contributed by atoms with Gasteiger partial charge in [-0.25, -0.2) is 33.7 Å². The Hall–Kier alpha value is -12.1. The van der Waals surface area contributed by atoms with Gasteiger partial charge >= 0.3 is 0 Å². The second kappa shape index (κ2) is 36.4. The minimum absolute atomic E-state index is 0.0288. The van der Waals surface area contributed by atoms with Gasteiger partial charge in [-0.15, -0.1) is 0 Å². The van der Waals surface area contributed by atoms with Gasteiger partial charge in [0.1, 0.15) is 74.6 Å². The SMILES string of the molecule is CC1(Oc2ccc3c(c2)C(c2ccnc(N4CCOCC4)c2)=NC3)CC1.C[C@@H]1CN(c2cc(C3=NCc4ccc(OC5(C)CC5)cc43)ccn2)CCO1.C[C@H]1CN(c2cc(C3=NCc4ccc(OC5(C)CC5)cc43)ccn2)CCO1.FC1(F)CN(c2cc(C3=NCc4ccc(OC5CC5)cc43)ccn2)C1.c1cc(C2=NCc3ccc(OC4CC4)cc32)cc(N2CCC(C3CC3)CC2)n1. The Bertz CT molecular complexity index is 6040. The molecule has 0 bridgehead atoms. The van der Waals surface area contributed by atoms with Gasteiger partial charge in [0.15, 0.2) is 0 Å². The summed E-state index contributed by atoms with van der Waals surface area (Å²) in [6.07, 6.45) is 27.5. The fourth-order valence-electron chi connectivity index (χ4n) is 19.2. The third kappa shape index (κ3) is 20.3. The molecule has 0 spiro atoms. The number of alkyl halides is 2. The molecule has 0 amide bonds. The highest BCUT2D eigenvalue weighted by atomic mass is 19.3. The van der Waals surface area contributed by atoms with Crippen molar-refractivity contribution in [2.75, 3.05) is 116 Å². The lowest BCUT2D eigenvalue weighted by molar-refractivity contribution is -0.0267. The van der Waals surface area contributed by atoms with Gasteiger partial charge in [0, 0.05) is 139 Å². The van der Waals surface area contributed by atoms with Crippen LogP contribution >= 0.6 is 0 Å². The Morgan fingerprint density at radius 1 is 0.316 bits per heavy atom. The van der Waals surface area contributed by atoms with Crippen molar-refractivity contribution in [1.29, 1.82) is 0 Å². The van der Waals surface area contributed by atoms with E-state index in [0.717, 1.165) is 282 Å². The number of rotatable bonds is 21. The molecule has 686 valence electrons. The van der Waals surface area contributed by atoms with E-state index in [1.807, 2.05) is 55.1 Å². The summed E-state index contributed by atoms with van der Waals surface area (Å²) in [5.41, 5.74) is 22.7. The van der Waals surface area contributed by atoms with Gasteiger partial charge in [0.25, 0.3) is 5.92 Å². The van der Waals surface area contributed by atoms with Gasteiger partial charge in [-0.2, -0.15) is 0 Å². The summed E-state index contributed by atoms with van der Waals surface area (Å²) in [6.45, 7) is 24.3. The molecule has 26 rings (SSSR count). The molecule has 2 atom stereocenters. The summed E-state index contributed by atoms with van der Waals surface area (Å²) in [5.74, 6) is 8.73. The Balaban J connectivity index is 0.0000000970. The number of nitrogens with zero attached hydrogens (tertiary/aromatic N) is 15. The molecule has 6 aliphatic carbocycles. The summed E-state index contributed by atoms with van der Waals surface area (Å²) in [5, 5.41) is 0. The number of halogens is 2. The fraction of sp³-hybridized carbons (Fsp3) is 0.444. The highest BCUT2D eigenvalue weighted by Crippen LogP contribution is 2.47. The Morgan fingerprint density at radius 3 is 0.902 bits per heavy atom. The van der Waals surface area contributed by atoms with Crippen LogP contribution in [-0.2, 0) is 46.9 Å². The lowest BCUT2D eigenvalue weighted by atomic mass is 9.92. The van der Waals surface area contributed by atoms with Crippen LogP contribution in [0.1, 0.15) is 208 Å². The zero-order valence-electron chi connectivity index (χ0n) is 76.8. The average molecular weight is 1790 g/mol. The molecule has 23 nitrogen and oxygen atoms in total. The lowest BCUT2D eigenvalue weighted by Crippen LogP contribution is -2.56. The first-order valence-electron chi connectivity index (χ1n) is 48.4. The standard InChI is InChI=1S/C24H27N3O.2C22H25N3O2.C21H23N3O2.C19H17F2N3O/c1-2-16(1)17-8-11-27(12-9-17)23-13-18(7-10-25-23)24-22-14-21(28-20-5-6-20)4-3-19(22)15-26-24;2*1-15-14-25(9-10-26-15)20-11-16(5-8-23-20)21-19-12-18(27-22(2)6-7-22)4-3-17(19)13-24-21;1-21(5-6-21)26-17-3-2-16-14-23-20(18(16)13-17)15-4-7-22-19(12-15)24-8-10-25-11-9-24;20-19(21)10-24(11-19)17-7-12(5-6-22-17)18-16-8-15(25-14-3-4-14)2-1-13(16)9-23-18/h3-4,7,10,13-14,16-17,20H,1-2,5-6,8-9,11-12,15H2;2*3-5,8,11-12,15H,6-7,9-10,13-14H2,1-2H3;2-4,7,12-13H,5-6,8-11,14H2,1H3;1-2,5-8,14H,3-4,9-11H2/t;2*15-;;/m.10../s1. The number of hydrogen-bond acceptors (Lipinski definition) is 23. The van der Waals surface area contributed by atoms with Gasteiger partial charge in [0.05, 0.1) is 125 Å². The van der Waals surface area contributed by atoms with Crippen LogP contribution in [0.15, 0.2) is 208 Å². The molecule has 6 saturated carbocycles. The van der Waals surface area contributed by atoms with Crippen molar-refractivity contribution in [3.05, 3.63) is 266 Å². The van der Waals surface area contributed by atoms with Crippen LogP contribution in [0.2, 0.25) is 0 Å². The van der Waals surface area contributed by atoms with Crippen molar-refractivity contribution < 1.29 is 46.7 Å². The van der Waals surface area contributed by atoms with Crippen molar-refractivity contribution in [3.8, 4) is 28.7 Å². The summed E-state index contributed by atoms with van der Waals surface area (Å²) in [6, 6.07) is 52.4. The molecule has 0 N–H and O–H groups in total. The van der Waals surface area contributed by atoms with Crippen LogP contribution in [0.4, 0.5) is 37.9 Å². The van der Waals surface area contributed by atoms with Crippen molar-refractivity contribution >= 4 is 57.6 Å². The molecule has 5 aromatic carbocycles. The van der Waals surface area contributed by atoms with Crippen LogP contribution in [0.5, 0.6) is 28.7 Å². The number of aromatic nitrogens is 5. The average Bonchev–Trinajstić information content (AvgIpc) is 1.64. The minimum atomic E-state index is -2.61. The maximum atomic E-state index is 13.1. The molecule has 25 heteroatoms. The third-order valence-electron chi connectivity index (χ3n) is 28.2. The second-order valence-corrected chi connectivity index (χ2v) is 39.5. The van der Waals surface area contributed by atoms with Crippen molar-refractivity contribution in [2.24, 2.45) is 36.8 Å². The number of morpholine rings is 3. The summed E-state index contributed by atoms with van der Waals surface area (Å²) in [7, 11) is 0. The topological polar surface area (TPSA) is 216 Å². The molecule has 10 aliphatic heterocycles. The predicted molar refractivity (Wildman–Crippen MR) is 515 cm³/mol. The molecule has 5 aromatic heterocycles. The van der Waals surface area contributed by atoms with Gasteiger partial charge < -0.3 is 62.4 Å². The van der Waals surface area contributed by atoms with Gasteiger partial charge in [-0.3, -0.25) is 25.0 Å². The molecule has 5 saturated heterocycles. The smallest absolute Gasteiger partial charge is 0.282 e. The van der Waals surface area contributed by atoms with Crippen molar-refractivity contribution in [1.82, 2.24) is 24.9 Å². The maximum absolute atomic E-state index is 13.1. The Kier molecular flexibility index (Phi) is 23.6. The zero-order chi connectivity index (χ0) is 89.9. The van der Waals surface area contributed by atoms with Crippen molar-refractivity contribution in [3.63, 3.8) is 0 Å². The molecule has 133 heavy (non-hydrogen) atoms. The third-order valence-corrected chi connectivity index (χ3v) is 28.2. The van der Waals surface area contributed by atoms with E-state index >= 15 is 0 Å². The largest absolute Gasteiger partial charge is 0.490 e. The van der Waals surface area contributed by atoms with Crippen LogP contribution in [0.3, 0.4) is 0 Å². The van der Waals surface area contributed by atoms with E-state index < -0.39 is 5.92 Å².